The Bertz CT molecular complexity index is 820. The van der Waals surface area contributed by atoms with Gasteiger partial charge in [-0.05, 0) is 51.8 Å². The summed E-state index contributed by atoms with van der Waals surface area (Å²) >= 11 is 0. The van der Waals surface area contributed by atoms with E-state index < -0.39 is 6.10 Å². The van der Waals surface area contributed by atoms with Gasteiger partial charge in [0.05, 0.1) is 0 Å². The zero-order valence-electron chi connectivity index (χ0n) is 19.2. The molecule has 2 rings (SSSR count). The fraction of sp³-hybridized carbons (Fsp3) is 0.522. The number of hydrogen-bond acceptors (Lipinski definition) is 8. The number of β-amino-alcohol motifs (C(OH)–C–C–N with tert-alkyl or cyclic N) is 1. The molecule has 3 N–H and O–H groups in total. The SMILES string of the molecule is CCCc1ccccc1OCC(O)CNC(C)(C)COc1ccc(NN=C(C)C)nn1. The number of nitrogens with zero attached hydrogens (tertiary/aromatic N) is 3. The monoisotopic (exact) mass is 429 g/mol. The van der Waals surface area contributed by atoms with Crippen LogP contribution in [0.2, 0.25) is 0 Å². The number of aliphatic hydroxyl groups excluding tert-OH is 1. The molecule has 0 amide bonds. The number of ether oxygens (including phenoxy) is 2. The number of hydrazone groups is 1. The van der Waals surface area contributed by atoms with Gasteiger partial charge in [0.1, 0.15) is 25.1 Å². The number of hydrogen-bond donors (Lipinski definition) is 3. The maximum absolute atomic E-state index is 10.3. The van der Waals surface area contributed by atoms with Crippen molar-refractivity contribution >= 4 is 11.5 Å². The highest BCUT2D eigenvalue weighted by molar-refractivity contribution is 5.79. The molecule has 0 radical (unpaired) electrons. The Hall–Kier alpha value is -2.71. The van der Waals surface area contributed by atoms with E-state index >= 15 is 0 Å². The number of aryl methyl sites for hydroxylation is 1. The standard InChI is InChI=1S/C23H35N5O3/c1-6-9-18-10-7-8-11-20(18)30-15-19(29)14-24-23(4,5)16-31-22-13-12-21(27-28-22)26-25-17(2)3/h7-8,10-13,19,24,29H,6,9,14-16H2,1-5H3,(H,26,27). The molecule has 1 atom stereocenters. The molecule has 8 nitrogen and oxygen atoms in total. The predicted octanol–water partition coefficient (Wildman–Crippen LogP) is 3.42. The van der Waals surface area contributed by atoms with Crippen LogP contribution in [0.5, 0.6) is 11.6 Å². The molecule has 1 aromatic heterocycles. The van der Waals surface area contributed by atoms with Crippen molar-refractivity contribution in [3.05, 3.63) is 42.0 Å². The number of nitrogens with one attached hydrogen (secondary N) is 2. The first-order chi connectivity index (χ1) is 14.8. The van der Waals surface area contributed by atoms with Crippen LogP contribution in [0.4, 0.5) is 5.82 Å². The number of aromatic nitrogens is 2. The molecular formula is C23H35N5O3. The second-order valence-corrected chi connectivity index (χ2v) is 8.30. The Morgan fingerprint density at radius 1 is 1.13 bits per heavy atom. The Labute approximate surface area is 185 Å². The fourth-order valence-corrected chi connectivity index (χ4v) is 2.69. The number of anilines is 1. The lowest BCUT2D eigenvalue weighted by Gasteiger charge is -2.27. The van der Waals surface area contributed by atoms with Gasteiger partial charge in [0.15, 0.2) is 5.82 Å². The van der Waals surface area contributed by atoms with Crippen LogP contribution in [0.25, 0.3) is 0 Å². The molecule has 0 bridgehead atoms. The van der Waals surface area contributed by atoms with Gasteiger partial charge in [-0.15, -0.1) is 10.2 Å². The van der Waals surface area contributed by atoms with Crippen LogP contribution in [-0.4, -0.2) is 52.4 Å². The molecule has 0 aliphatic heterocycles. The van der Waals surface area contributed by atoms with Crippen molar-refractivity contribution in [2.45, 2.75) is 59.1 Å². The lowest BCUT2D eigenvalue weighted by atomic mass is 10.1. The maximum atomic E-state index is 10.3. The molecule has 8 heteroatoms. The Kier molecular flexibility index (Phi) is 9.68. The molecule has 0 aliphatic rings. The highest BCUT2D eigenvalue weighted by atomic mass is 16.5. The van der Waals surface area contributed by atoms with Crippen LogP contribution in [0, 0.1) is 0 Å². The van der Waals surface area contributed by atoms with E-state index in [4.69, 9.17) is 9.47 Å². The molecule has 1 aromatic carbocycles. The summed E-state index contributed by atoms with van der Waals surface area (Å²) < 4.78 is 11.6. The highest BCUT2D eigenvalue weighted by Gasteiger charge is 2.20. The van der Waals surface area contributed by atoms with E-state index in [2.05, 4.69) is 39.0 Å². The van der Waals surface area contributed by atoms with E-state index in [0.717, 1.165) is 29.9 Å². The molecule has 1 heterocycles. The molecule has 0 aliphatic carbocycles. The third-order valence-electron chi connectivity index (χ3n) is 4.35. The molecular weight excluding hydrogens is 394 g/mol. The van der Waals surface area contributed by atoms with Crippen LogP contribution < -0.4 is 20.2 Å². The molecule has 0 fully saturated rings. The third kappa shape index (κ3) is 9.31. The summed E-state index contributed by atoms with van der Waals surface area (Å²) in [6.07, 6.45) is 1.37. The van der Waals surface area contributed by atoms with E-state index in [1.54, 1.807) is 12.1 Å². The van der Waals surface area contributed by atoms with Crippen LogP contribution in [0.3, 0.4) is 0 Å². The van der Waals surface area contributed by atoms with E-state index in [9.17, 15) is 5.11 Å². The number of benzene rings is 1. The molecule has 170 valence electrons. The molecule has 0 saturated heterocycles. The van der Waals surface area contributed by atoms with Gasteiger partial charge in [0.2, 0.25) is 5.88 Å². The summed E-state index contributed by atoms with van der Waals surface area (Å²) in [5.41, 5.74) is 4.51. The number of rotatable bonds is 13. The zero-order valence-corrected chi connectivity index (χ0v) is 19.2. The van der Waals surface area contributed by atoms with Crippen molar-refractivity contribution in [2.75, 3.05) is 25.2 Å². The quantitative estimate of drug-likeness (QED) is 0.331. The second-order valence-electron chi connectivity index (χ2n) is 8.30. The topological polar surface area (TPSA) is 101 Å². The van der Waals surface area contributed by atoms with Crippen LogP contribution in [-0.2, 0) is 6.42 Å². The third-order valence-corrected chi connectivity index (χ3v) is 4.35. The normalized spacial score (nSPS) is 12.2. The average Bonchev–Trinajstić information content (AvgIpc) is 2.75. The predicted molar refractivity (Wildman–Crippen MR) is 124 cm³/mol. The van der Waals surface area contributed by atoms with Crippen molar-refractivity contribution in [2.24, 2.45) is 5.10 Å². The molecule has 31 heavy (non-hydrogen) atoms. The van der Waals surface area contributed by atoms with Gasteiger partial charge in [-0.2, -0.15) is 5.10 Å². The molecule has 1 unspecified atom stereocenters. The Balaban J connectivity index is 1.75. The summed E-state index contributed by atoms with van der Waals surface area (Å²) in [7, 11) is 0. The first-order valence-corrected chi connectivity index (χ1v) is 10.7. The van der Waals surface area contributed by atoms with Crippen LogP contribution in [0.1, 0.15) is 46.6 Å². The minimum Gasteiger partial charge on any atom is -0.491 e. The van der Waals surface area contributed by atoms with E-state index in [1.807, 2.05) is 45.9 Å². The van der Waals surface area contributed by atoms with Crippen molar-refractivity contribution in [3.8, 4) is 11.6 Å². The summed E-state index contributed by atoms with van der Waals surface area (Å²) in [5.74, 6) is 1.81. The van der Waals surface area contributed by atoms with Crippen LogP contribution >= 0.6 is 0 Å². The summed E-state index contributed by atoms with van der Waals surface area (Å²) in [6, 6.07) is 11.5. The highest BCUT2D eigenvalue weighted by Crippen LogP contribution is 2.19. The molecule has 2 aromatic rings. The summed E-state index contributed by atoms with van der Waals surface area (Å²) in [6.45, 7) is 10.9. The minimum atomic E-state index is -0.637. The lowest BCUT2D eigenvalue weighted by molar-refractivity contribution is 0.0918. The van der Waals surface area contributed by atoms with Crippen molar-refractivity contribution in [3.63, 3.8) is 0 Å². The van der Waals surface area contributed by atoms with Crippen molar-refractivity contribution in [1.82, 2.24) is 15.5 Å². The first kappa shape index (κ1) is 24.6. The Morgan fingerprint density at radius 2 is 1.90 bits per heavy atom. The van der Waals surface area contributed by atoms with Gasteiger partial charge in [-0.25, -0.2) is 0 Å². The summed E-state index contributed by atoms with van der Waals surface area (Å²) in [4.78, 5) is 0. The van der Waals surface area contributed by atoms with Crippen LogP contribution in [0.15, 0.2) is 41.5 Å². The molecule has 0 saturated carbocycles. The van der Waals surface area contributed by atoms with Gasteiger partial charge in [-0.1, -0.05) is 31.5 Å². The Morgan fingerprint density at radius 3 is 2.58 bits per heavy atom. The smallest absolute Gasteiger partial charge is 0.233 e. The van der Waals surface area contributed by atoms with E-state index in [-0.39, 0.29) is 12.1 Å². The first-order valence-electron chi connectivity index (χ1n) is 10.7. The second kappa shape index (κ2) is 12.2. The largest absolute Gasteiger partial charge is 0.491 e. The van der Waals surface area contributed by atoms with E-state index in [1.165, 1.54) is 0 Å². The van der Waals surface area contributed by atoms with Gasteiger partial charge in [0.25, 0.3) is 0 Å². The lowest BCUT2D eigenvalue weighted by Crippen LogP contribution is -2.48. The number of aliphatic hydroxyl groups is 1. The summed E-state index contributed by atoms with van der Waals surface area (Å²) in [5, 5.41) is 25.8. The number of para-hydroxylation sites is 1. The van der Waals surface area contributed by atoms with Crippen molar-refractivity contribution in [1.29, 1.82) is 0 Å². The van der Waals surface area contributed by atoms with Gasteiger partial charge >= 0.3 is 0 Å². The zero-order chi connectivity index (χ0) is 22.7. The minimum absolute atomic E-state index is 0.227. The van der Waals surface area contributed by atoms with E-state index in [0.29, 0.717) is 24.8 Å². The fourth-order valence-electron chi connectivity index (χ4n) is 2.69. The maximum Gasteiger partial charge on any atom is 0.233 e. The van der Waals surface area contributed by atoms with Gasteiger partial charge < -0.3 is 19.9 Å². The average molecular weight is 430 g/mol. The van der Waals surface area contributed by atoms with Gasteiger partial charge in [-0.3, -0.25) is 5.43 Å². The van der Waals surface area contributed by atoms with Gasteiger partial charge in [0, 0.05) is 23.9 Å². The van der Waals surface area contributed by atoms with Crippen molar-refractivity contribution < 1.29 is 14.6 Å². The molecule has 0 spiro atoms.